The Morgan fingerprint density at radius 2 is 2.20 bits per heavy atom. The Labute approximate surface area is 59.1 Å². The molecule has 0 unspecified atom stereocenters. The molecule has 0 fully saturated rings. The molecule has 0 amide bonds. The van der Waals surface area contributed by atoms with Crippen LogP contribution in [0.3, 0.4) is 0 Å². The van der Waals surface area contributed by atoms with Crippen LogP contribution in [0.2, 0.25) is 0 Å². The van der Waals surface area contributed by atoms with Crippen molar-refractivity contribution in [2.75, 3.05) is 7.11 Å². The topological polar surface area (TPSA) is 39.9 Å². The summed E-state index contributed by atoms with van der Waals surface area (Å²) in [5.41, 5.74) is 0. The van der Waals surface area contributed by atoms with E-state index in [0.29, 0.717) is 0 Å². The van der Waals surface area contributed by atoms with E-state index in [2.05, 4.69) is 10.2 Å². The number of methoxy groups -OCH3 is 1. The highest BCUT2D eigenvalue weighted by Gasteiger charge is 1.82. The lowest BCUT2D eigenvalue weighted by Gasteiger charge is -1.91. The molecule has 1 rings (SSSR count). The van der Waals surface area contributed by atoms with Crippen LogP contribution in [0.1, 0.15) is 0 Å². The molecule has 0 aliphatic carbocycles. The molecule has 54 valence electrons. The van der Waals surface area contributed by atoms with Crippen LogP contribution < -0.4 is 0 Å². The van der Waals surface area contributed by atoms with Gasteiger partial charge < -0.3 is 9.30 Å². The summed E-state index contributed by atoms with van der Waals surface area (Å²) in [6.07, 6.45) is 6.81. The summed E-state index contributed by atoms with van der Waals surface area (Å²) in [6, 6.07) is 0. The summed E-state index contributed by atoms with van der Waals surface area (Å²) in [4.78, 5) is 0. The van der Waals surface area contributed by atoms with Gasteiger partial charge in [0.05, 0.1) is 13.4 Å². The normalized spacial score (nSPS) is 10.5. The quantitative estimate of drug-likeness (QED) is 0.570. The predicted octanol–water partition coefficient (Wildman–Crippen LogP) is 0.438. The van der Waals surface area contributed by atoms with E-state index >= 15 is 0 Å². The lowest BCUT2D eigenvalue weighted by atomic mass is 10.6. The molecule has 0 aliphatic heterocycles. The molecule has 0 N–H and O–H groups in total. The highest BCUT2D eigenvalue weighted by molar-refractivity contribution is 4.75. The average Bonchev–Trinajstić information content (AvgIpc) is 2.41. The first-order valence-corrected chi connectivity index (χ1v) is 2.93. The number of hydrogen-bond acceptors (Lipinski definition) is 3. The third-order valence-corrected chi connectivity index (χ3v) is 1.02. The van der Waals surface area contributed by atoms with E-state index < -0.39 is 0 Å². The van der Waals surface area contributed by atoms with Crippen molar-refractivity contribution >= 4 is 0 Å². The van der Waals surface area contributed by atoms with Crippen molar-refractivity contribution in [1.29, 1.82) is 0 Å². The third kappa shape index (κ3) is 1.89. The number of rotatable bonds is 3. The Kier molecular flexibility index (Phi) is 2.49. The summed E-state index contributed by atoms with van der Waals surface area (Å²) in [5, 5.41) is 7.28. The zero-order valence-electron chi connectivity index (χ0n) is 5.77. The summed E-state index contributed by atoms with van der Waals surface area (Å²) in [7, 11) is 1.61. The SMILES string of the molecule is CO/C=C/Cn1cnnc1. The second-order valence-electron chi connectivity index (χ2n) is 1.77. The maximum absolute atomic E-state index is 4.71. The minimum Gasteiger partial charge on any atom is -0.505 e. The number of ether oxygens (including phenoxy) is 1. The zero-order valence-corrected chi connectivity index (χ0v) is 5.77. The molecule has 4 heteroatoms. The smallest absolute Gasteiger partial charge is 0.119 e. The van der Waals surface area contributed by atoms with E-state index in [1.807, 2.05) is 10.6 Å². The van der Waals surface area contributed by atoms with Crippen molar-refractivity contribution < 1.29 is 4.74 Å². The third-order valence-electron chi connectivity index (χ3n) is 1.02. The minimum absolute atomic E-state index is 0.751. The van der Waals surface area contributed by atoms with Crippen LogP contribution in [-0.4, -0.2) is 21.9 Å². The number of nitrogens with zero attached hydrogens (tertiary/aromatic N) is 3. The second kappa shape index (κ2) is 3.66. The molecule has 0 bridgehead atoms. The molecule has 0 saturated heterocycles. The van der Waals surface area contributed by atoms with Crippen molar-refractivity contribution in [3.05, 3.63) is 25.0 Å². The van der Waals surface area contributed by atoms with Gasteiger partial charge in [0.2, 0.25) is 0 Å². The second-order valence-corrected chi connectivity index (χ2v) is 1.77. The molecule has 0 aromatic carbocycles. The molecule has 1 aromatic rings. The highest BCUT2D eigenvalue weighted by Crippen LogP contribution is 1.83. The van der Waals surface area contributed by atoms with Gasteiger partial charge in [-0.15, -0.1) is 10.2 Å². The largest absolute Gasteiger partial charge is 0.505 e. The van der Waals surface area contributed by atoms with Gasteiger partial charge in [-0.3, -0.25) is 0 Å². The van der Waals surface area contributed by atoms with Gasteiger partial charge in [-0.05, 0) is 6.08 Å². The predicted molar refractivity (Wildman–Crippen MR) is 36.2 cm³/mol. The Hall–Kier alpha value is -1.32. The molecular weight excluding hydrogens is 130 g/mol. The standard InChI is InChI=1S/C6H9N3O/c1-10-4-2-3-9-5-7-8-6-9/h2,4-6H,3H2,1H3/b4-2+. The first kappa shape index (κ1) is 6.80. The maximum atomic E-state index is 4.71. The van der Waals surface area contributed by atoms with Crippen LogP contribution in [0.4, 0.5) is 0 Å². The van der Waals surface area contributed by atoms with E-state index in [9.17, 15) is 0 Å². The minimum atomic E-state index is 0.751. The molecule has 1 heterocycles. The maximum Gasteiger partial charge on any atom is 0.119 e. The van der Waals surface area contributed by atoms with Crippen LogP contribution in [0.5, 0.6) is 0 Å². The van der Waals surface area contributed by atoms with Gasteiger partial charge in [0.25, 0.3) is 0 Å². The first-order valence-electron chi connectivity index (χ1n) is 2.93. The van der Waals surface area contributed by atoms with Crippen molar-refractivity contribution in [3.8, 4) is 0 Å². The van der Waals surface area contributed by atoms with E-state index in [-0.39, 0.29) is 0 Å². The molecule has 0 saturated carbocycles. The van der Waals surface area contributed by atoms with Gasteiger partial charge >= 0.3 is 0 Å². The highest BCUT2D eigenvalue weighted by atomic mass is 16.5. The summed E-state index contributed by atoms with van der Waals surface area (Å²) in [6.45, 7) is 0.751. The molecule has 0 aliphatic rings. The molecule has 0 radical (unpaired) electrons. The van der Waals surface area contributed by atoms with E-state index in [1.54, 1.807) is 26.0 Å². The lowest BCUT2D eigenvalue weighted by molar-refractivity contribution is 0.336. The lowest BCUT2D eigenvalue weighted by Crippen LogP contribution is -1.89. The number of hydrogen-bond donors (Lipinski definition) is 0. The van der Waals surface area contributed by atoms with Gasteiger partial charge in [-0.25, -0.2) is 0 Å². The number of aromatic nitrogens is 3. The van der Waals surface area contributed by atoms with Crippen LogP contribution in [-0.2, 0) is 11.3 Å². The van der Waals surface area contributed by atoms with E-state index in [4.69, 9.17) is 4.74 Å². The Morgan fingerprint density at radius 1 is 1.50 bits per heavy atom. The molecule has 10 heavy (non-hydrogen) atoms. The van der Waals surface area contributed by atoms with Gasteiger partial charge in [-0.2, -0.15) is 0 Å². The zero-order chi connectivity index (χ0) is 7.23. The van der Waals surface area contributed by atoms with Crippen molar-refractivity contribution in [1.82, 2.24) is 14.8 Å². The van der Waals surface area contributed by atoms with Crippen LogP contribution >= 0.6 is 0 Å². The Balaban J connectivity index is 2.34. The van der Waals surface area contributed by atoms with Crippen molar-refractivity contribution in [2.24, 2.45) is 0 Å². The summed E-state index contributed by atoms with van der Waals surface area (Å²) in [5.74, 6) is 0. The number of allylic oxidation sites excluding steroid dienone is 1. The van der Waals surface area contributed by atoms with Crippen LogP contribution in [0.15, 0.2) is 25.0 Å². The fourth-order valence-electron chi connectivity index (χ4n) is 0.577. The summed E-state index contributed by atoms with van der Waals surface area (Å²) >= 11 is 0. The van der Waals surface area contributed by atoms with E-state index in [1.165, 1.54) is 0 Å². The Morgan fingerprint density at radius 3 is 2.80 bits per heavy atom. The van der Waals surface area contributed by atoms with Crippen molar-refractivity contribution in [3.63, 3.8) is 0 Å². The van der Waals surface area contributed by atoms with E-state index in [0.717, 1.165) is 6.54 Å². The van der Waals surface area contributed by atoms with Crippen LogP contribution in [0.25, 0.3) is 0 Å². The van der Waals surface area contributed by atoms with Gasteiger partial charge in [0.1, 0.15) is 12.7 Å². The fraction of sp³-hybridized carbons (Fsp3) is 0.333. The molecule has 1 aromatic heterocycles. The monoisotopic (exact) mass is 139 g/mol. The average molecular weight is 139 g/mol. The Bertz CT molecular complexity index is 193. The van der Waals surface area contributed by atoms with Crippen molar-refractivity contribution in [2.45, 2.75) is 6.54 Å². The first-order chi connectivity index (χ1) is 4.93. The molecule has 0 atom stereocenters. The summed E-state index contributed by atoms with van der Waals surface area (Å²) < 4.78 is 6.55. The van der Waals surface area contributed by atoms with Crippen LogP contribution in [0, 0.1) is 0 Å². The molecular formula is C6H9N3O. The van der Waals surface area contributed by atoms with Gasteiger partial charge in [0.15, 0.2) is 0 Å². The van der Waals surface area contributed by atoms with Gasteiger partial charge in [0, 0.05) is 6.54 Å². The fourth-order valence-corrected chi connectivity index (χ4v) is 0.577. The molecule has 0 spiro atoms. The van der Waals surface area contributed by atoms with Gasteiger partial charge in [-0.1, -0.05) is 0 Å². The molecule has 4 nitrogen and oxygen atoms in total.